The first-order valence-corrected chi connectivity index (χ1v) is 8.56. The number of nitro groups is 1. The number of benzene rings is 1. The molecule has 1 aliphatic heterocycles. The van der Waals surface area contributed by atoms with E-state index in [9.17, 15) is 10.1 Å². The Morgan fingerprint density at radius 3 is 2.85 bits per heavy atom. The number of hydrogen-bond acceptors (Lipinski definition) is 6. The number of ether oxygens (including phenoxy) is 1. The number of rotatable bonds is 6. The Morgan fingerprint density at radius 1 is 1.35 bits per heavy atom. The summed E-state index contributed by atoms with van der Waals surface area (Å²) in [5.74, 6) is 1.13. The van der Waals surface area contributed by atoms with Gasteiger partial charge < -0.3 is 14.5 Å². The first-order valence-electron chi connectivity index (χ1n) is 8.15. The van der Waals surface area contributed by atoms with Crippen LogP contribution >= 0.6 is 12.2 Å². The molecule has 1 aromatic carbocycles. The first-order chi connectivity index (χ1) is 12.6. The molecule has 8 nitrogen and oxygen atoms in total. The highest BCUT2D eigenvalue weighted by Gasteiger charge is 2.15. The number of nitro benzene ring substituents is 1. The Morgan fingerprint density at radius 2 is 2.15 bits per heavy atom. The molecule has 1 aliphatic rings. The van der Waals surface area contributed by atoms with Crippen molar-refractivity contribution < 1.29 is 14.1 Å². The molecule has 1 unspecified atom stereocenters. The molecular weight excluding hydrogens is 356 g/mol. The van der Waals surface area contributed by atoms with Crippen LogP contribution in [0.15, 0.2) is 45.9 Å². The van der Waals surface area contributed by atoms with Crippen molar-refractivity contribution in [3.05, 3.63) is 52.3 Å². The van der Waals surface area contributed by atoms with Crippen molar-refractivity contribution >= 4 is 29.2 Å². The van der Waals surface area contributed by atoms with Gasteiger partial charge in [0.1, 0.15) is 11.5 Å². The van der Waals surface area contributed by atoms with E-state index in [1.807, 2.05) is 0 Å². The van der Waals surface area contributed by atoms with Gasteiger partial charge in [0.05, 0.1) is 17.2 Å². The van der Waals surface area contributed by atoms with Gasteiger partial charge in [0.2, 0.25) is 0 Å². The highest BCUT2D eigenvalue weighted by atomic mass is 32.1. The molecule has 1 saturated heterocycles. The molecule has 0 saturated carbocycles. The molecule has 2 aromatic rings. The Hall–Kier alpha value is -2.78. The van der Waals surface area contributed by atoms with Crippen molar-refractivity contribution in [2.75, 3.05) is 13.2 Å². The van der Waals surface area contributed by atoms with Crippen LogP contribution < -0.4 is 10.7 Å². The van der Waals surface area contributed by atoms with Crippen LogP contribution in [-0.4, -0.2) is 35.5 Å². The van der Waals surface area contributed by atoms with Gasteiger partial charge in [-0.2, -0.15) is 5.10 Å². The standard InChI is InChI=1S/C17H18N4O4S/c22-21(23)13-5-3-12(4-6-13)16-8-7-15(25-16)11-19-20-17(26)18-10-14-2-1-9-24-14/h3-8,11,14H,1-2,9-10H2,(H2,18,20,26). The van der Waals surface area contributed by atoms with E-state index in [0.717, 1.165) is 25.0 Å². The van der Waals surface area contributed by atoms with Gasteiger partial charge >= 0.3 is 0 Å². The molecule has 0 radical (unpaired) electrons. The summed E-state index contributed by atoms with van der Waals surface area (Å²) in [5, 5.41) is 18.2. The van der Waals surface area contributed by atoms with Crippen LogP contribution in [0.3, 0.4) is 0 Å². The van der Waals surface area contributed by atoms with Gasteiger partial charge in [-0.1, -0.05) is 0 Å². The maximum atomic E-state index is 10.7. The van der Waals surface area contributed by atoms with E-state index >= 15 is 0 Å². The van der Waals surface area contributed by atoms with Gasteiger partial charge in [-0.25, -0.2) is 0 Å². The fourth-order valence-electron chi connectivity index (χ4n) is 2.53. The Labute approximate surface area is 155 Å². The van der Waals surface area contributed by atoms with Gasteiger partial charge in [-0.3, -0.25) is 15.5 Å². The summed E-state index contributed by atoms with van der Waals surface area (Å²) in [6, 6.07) is 9.68. The zero-order valence-corrected chi connectivity index (χ0v) is 14.7. The average molecular weight is 374 g/mol. The Bertz CT molecular complexity index is 797. The van der Waals surface area contributed by atoms with E-state index in [0.29, 0.717) is 23.2 Å². The van der Waals surface area contributed by atoms with Crippen LogP contribution in [0.4, 0.5) is 5.69 Å². The van der Waals surface area contributed by atoms with E-state index in [4.69, 9.17) is 21.4 Å². The van der Waals surface area contributed by atoms with Crippen LogP contribution in [0.25, 0.3) is 11.3 Å². The molecule has 3 rings (SSSR count). The third-order valence-corrected chi connectivity index (χ3v) is 4.10. The minimum atomic E-state index is -0.439. The zero-order valence-electron chi connectivity index (χ0n) is 13.9. The van der Waals surface area contributed by atoms with Crippen LogP contribution in [0.5, 0.6) is 0 Å². The topological polar surface area (TPSA) is 102 Å². The molecule has 26 heavy (non-hydrogen) atoms. The van der Waals surface area contributed by atoms with Gasteiger partial charge in [0.25, 0.3) is 5.69 Å². The molecule has 0 aliphatic carbocycles. The normalized spacial score (nSPS) is 16.7. The minimum absolute atomic E-state index is 0.0373. The Kier molecular flexibility index (Phi) is 5.92. The van der Waals surface area contributed by atoms with Crippen molar-refractivity contribution in [3.63, 3.8) is 0 Å². The van der Waals surface area contributed by atoms with Crippen molar-refractivity contribution in [3.8, 4) is 11.3 Å². The molecule has 0 bridgehead atoms. The second kappa shape index (κ2) is 8.54. The maximum absolute atomic E-state index is 10.7. The quantitative estimate of drug-likeness (QED) is 0.347. The molecule has 0 amide bonds. The highest BCUT2D eigenvalue weighted by Crippen LogP contribution is 2.23. The summed E-state index contributed by atoms with van der Waals surface area (Å²) < 4.78 is 11.2. The number of furan rings is 1. The van der Waals surface area contributed by atoms with E-state index in [2.05, 4.69) is 15.8 Å². The van der Waals surface area contributed by atoms with Crippen molar-refractivity contribution in [1.82, 2.24) is 10.7 Å². The number of non-ortho nitro benzene ring substituents is 1. The van der Waals surface area contributed by atoms with Gasteiger partial charge in [0, 0.05) is 30.8 Å². The fraction of sp³-hybridized carbons (Fsp3) is 0.294. The molecular formula is C17H18N4O4S. The second-order valence-electron chi connectivity index (χ2n) is 5.72. The lowest BCUT2D eigenvalue weighted by atomic mass is 10.1. The number of hydrazone groups is 1. The molecule has 2 N–H and O–H groups in total. The third-order valence-electron chi connectivity index (χ3n) is 3.86. The summed E-state index contributed by atoms with van der Waals surface area (Å²) in [6.07, 6.45) is 3.83. The summed E-state index contributed by atoms with van der Waals surface area (Å²) in [6.45, 7) is 1.46. The number of hydrogen-bond donors (Lipinski definition) is 2. The van der Waals surface area contributed by atoms with E-state index < -0.39 is 4.92 Å². The largest absolute Gasteiger partial charge is 0.455 e. The molecule has 2 heterocycles. The van der Waals surface area contributed by atoms with Crippen molar-refractivity contribution in [2.45, 2.75) is 18.9 Å². The number of thiocarbonyl (C=S) groups is 1. The molecule has 1 fully saturated rings. The number of nitrogens with one attached hydrogen (secondary N) is 2. The first kappa shape index (κ1) is 18.0. The highest BCUT2D eigenvalue weighted by molar-refractivity contribution is 7.80. The van der Waals surface area contributed by atoms with Crippen molar-refractivity contribution in [2.24, 2.45) is 5.10 Å². The monoisotopic (exact) mass is 374 g/mol. The minimum Gasteiger partial charge on any atom is -0.455 e. The van der Waals surface area contributed by atoms with E-state index in [1.54, 1.807) is 24.3 Å². The van der Waals surface area contributed by atoms with Crippen LogP contribution in [-0.2, 0) is 4.74 Å². The van der Waals surface area contributed by atoms with Crippen molar-refractivity contribution in [1.29, 1.82) is 0 Å². The van der Waals surface area contributed by atoms with Crippen LogP contribution in [0, 0.1) is 10.1 Å². The Balaban J connectivity index is 1.50. The lowest BCUT2D eigenvalue weighted by Gasteiger charge is -2.11. The van der Waals surface area contributed by atoms with E-state index in [-0.39, 0.29) is 11.8 Å². The predicted octanol–water partition coefficient (Wildman–Crippen LogP) is 2.83. The lowest BCUT2D eigenvalue weighted by molar-refractivity contribution is -0.384. The lowest BCUT2D eigenvalue weighted by Crippen LogP contribution is -2.37. The van der Waals surface area contributed by atoms with Gasteiger partial charge in [-0.15, -0.1) is 0 Å². The summed E-state index contributed by atoms with van der Waals surface area (Å²) in [7, 11) is 0. The average Bonchev–Trinajstić information content (AvgIpc) is 3.32. The second-order valence-corrected chi connectivity index (χ2v) is 6.13. The third kappa shape index (κ3) is 4.87. The van der Waals surface area contributed by atoms with Gasteiger partial charge in [-0.05, 0) is 49.3 Å². The molecule has 1 atom stereocenters. The SMILES string of the molecule is O=[N+]([O-])c1ccc(-c2ccc(C=NNC(=S)NCC3CCCO3)o2)cc1. The summed E-state index contributed by atoms with van der Waals surface area (Å²) in [5.41, 5.74) is 3.51. The smallest absolute Gasteiger partial charge is 0.269 e. The van der Waals surface area contributed by atoms with E-state index in [1.165, 1.54) is 18.3 Å². The molecule has 1 aromatic heterocycles. The summed E-state index contributed by atoms with van der Waals surface area (Å²) >= 11 is 5.14. The van der Waals surface area contributed by atoms with Gasteiger partial charge in [0.15, 0.2) is 5.11 Å². The predicted molar refractivity (Wildman–Crippen MR) is 101 cm³/mol. The fourth-order valence-corrected chi connectivity index (χ4v) is 2.67. The van der Waals surface area contributed by atoms with Crippen LogP contribution in [0.2, 0.25) is 0 Å². The zero-order chi connectivity index (χ0) is 18.4. The summed E-state index contributed by atoms with van der Waals surface area (Å²) in [4.78, 5) is 10.2. The number of nitrogens with zero attached hydrogens (tertiary/aromatic N) is 2. The molecule has 0 spiro atoms. The van der Waals surface area contributed by atoms with Crippen LogP contribution in [0.1, 0.15) is 18.6 Å². The molecule has 9 heteroatoms. The molecule has 136 valence electrons. The maximum Gasteiger partial charge on any atom is 0.269 e.